The minimum atomic E-state index is -0.0754. The number of hydrogen-bond donors (Lipinski definition) is 1. The number of hydrogen-bond acceptors (Lipinski definition) is 5. The summed E-state index contributed by atoms with van der Waals surface area (Å²) >= 11 is 0. The minimum absolute atomic E-state index is 0.0399. The van der Waals surface area contributed by atoms with E-state index in [9.17, 15) is 9.90 Å². The molecule has 0 saturated carbocycles. The Morgan fingerprint density at radius 1 is 1.08 bits per heavy atom. The summed E-state index contributed by atoms with van der Waals surface area (Å²) in [4.78, 5) is 16.3. The maximum atomic E-state index is 12.3. The van der Waals surface area contributed by atoms with Gasteiger partial charge in [0.1, 0.15) is 5.75 Å². The molecule has 3 rings (SSSR count). The Morgan fingerprint density at radius 2 is 1.84 bits per heavy atom. The molecule has 0 radical (unpaired) electrons. The molecular weight excluding hydrogens is 320 g/mol. The Bertz CT molecular complexity index is 727. The van der Waals surface area contributed by atoms with Crippen molar-refractivity contribution in [1.82, 2.24) is 4.90 Å². The molecule has 1 N–H and O–H groups in total. The predicted molar refractivity (Wildman–Crippen MR) is 95.4 cm³/mol. The second-order valence-electron chi connectivity index (χ2n) is 5.83. The maximum Gasteiger partial charge on any atom is 0.260 e. The zero-order valence-electron chi connectivity index (χ0n) is 14.2. The molecule has 6 nitrogen and oxygen atoms in total. The molecular formula is C19H22N2O4. The number of piperazine rings is 1. The van der Waals surface area contributed by atoms with Crippen LogP contribution in [0.2, 0.25) is 0 Å². The first-order valence-electron chi connectivity index (χ1n) is 8.25. The van der Waals surface area contributed by atoms with Crippen LogP contribution in [0.4, 0.5) is 5.69 Å². The van der Waals surface area contributed by atoms with Crippen molar-refractivity contribution in [1.29, 1.82) is 0 Å². The molecule has 1 amide bonds. The molecule has 132 valence electrons. The largest absolute Gasteiger partial charge is 0.504 e. The van der Waals surface area contributed by atoms with Crippen LogP contribution in [0.3, 0.4) is 0 Å². The van der Waals surface area contributed by atoms with Gasteiger partial charge in [-0.1, -0.05) is 18.2 Å². The first-order chi connectivity index (χ1) is 12.2. The lowest BCUT2D eigenvalue weighted by atomic mass is 10.2. The van der Waals surface area contributed by atoms with Crippen LogP contribution >= 0.6 is 0 Å². The van der Waals surface area contributed by atoms with Crippen LogP contribution in [0.5, 0.6) is 17.2 Å². The van der Waals surface area contributed by atoms with E-state index in [1.54, 1.807) is 30.2 Å². The van der Waals surface area contributed by atoms with Crippen LogP contribution in [-0.2, 0) is 4.79 Å². The highest BCUT2D eigenvalue weighted by atomic mass is 16.5. The summed E-state index contributed by atoms with van der Waals surface area (Å²) in [5.74, 6) is 1.12. The van der Waals surface area contributed by atoms with Crippen molar-refractivity contribution < 1.29 is 19.4 Å². The van der Waals surface area contributed by atoms with Crippen molar-refractivity contribution in [2.45, 2.75) is 0 Å². The molecule has 1 heterocycles. The van der Waals surface area contributed by atoms with Crippen LogP contribution < -0.4 is 14.4 Å². The monoisotopic (exact) mass is 342 g/mol. The van der Waals surface area contributed by atoms with Crippen LogP contribution in [0.25, 0.3) is 0 Å². The summed E-state index contributed by atoms with van der Waals surface area (Å²) in [7, 11) is 1.65. The fourth-order valence-electron chi connectivity index (χ4n) is 2.83. The molecule has 0 spiro atoms. The Balaban J connectivity index is 1.51. The number of phenols is 1. The fourth-order valence-corrected chi connectivity index (χ4v) is 2.83. The van der Waals surface area contributed by atoms with E-state index in [1.807, 2.05) is 24.3 Å². The first kappa shape index (κ1) is 17.0. The smallest absolute Gasteiger partial charge is 0.260 e. The topological polar surface area (TPSA) is 62.2 Å². The lowest BCUT2D eigenvalue weighted by molar-refractivity contribution is -0.133. The third-order valence-corrected chi connectivity index (χ3v) is 4.27. The highest BCUT2D eigenvalue weighted by Crippen LogP contribution is 2.25. The summed E-state index contributed by atoms with van der Waals surface area (Å²) < 4.78 is 10.7. The van der Waals surface area contributed by atoms with Crippen molar-refractivity contribution in [2.24, 2.45) is 0 Å². The number of benzene rings is 2. The van der Waals surface area contributed by atoms with E-state index in [2.05, 4.69) is 4.90 Å². The number of nitrogens with zero attached hydrogens (tertiary/aromatic N) is 2. The number of carbonyl (C=O) groups excluding carboxylic acids is 1. The lowest BCUT2D eigenvalue weighted by Crippen LogP contribution is -2.50. The predicted octanol–water partition coefficient (Wildman–Crippen LogP) is 2.13. The van der Waals surface area contributed by atoms with E-state index in [1.165, 1.54) is 6.07 Å². The van der Waals surface area contributed by atoms with Gasteiger partial charge in [0, 0.05) is 37.9 Å². The number of rotatable bonds is 5. The molecule has 1 aliphatic heterocycles. The highest BCUT2D eigenvalue weighted by Gasteiger charge is 2.22. The van der Waals surface area contributed by atoms with Gasteiger partial charge in [-0.15, -0.1) is 0 Å². The summed E-state index contributed by atoms with van der Waals surface area (Å²) in [5, 5.41) is 9.67. The van der Waals surface area contributed by atoms with E-state index in [4.69, 9.17) is 9.47 Å². The summed E-state index contributed by atoms with van der Waals surface area (Å²) in [6, 6.07) is 14.6. The second-order valence-corrected chi connectivity index (χ2v) is 5.83. The zero-order valence-corrected chi connectivity index (χ0v) is 14.2. The number of para-hydroxylation sites is 2. The summed E-state index contributed by atoms with van der Waals surface area (Å²) in [6.45, 7) is 2.72. The fraction of sp³-hybridized carbons (Fsp3) is 0.316. The average Bonchev–Trinajstić information content (AvgIpc) is 2.67. The molecule has 0 aliphatic carbocycles. The van der Waals surface area contributed by atoms with E-state index >= 15 is 0 Å². The minimum Gasteiger partial charge on any atom is -0.504 e. The number of aromatic hydroxyl groups is 1. The van der Waals surface area contributed by atoms with Crippen molar-refractivity contribution >= 4 is 11.6 Å². The molecule has 25 heavy (non-hydrogen) atoms. The maximum absolute atomic E-state index is 12.3. The quantitative estimate of drug-likeness (QED) is 0.902. The Hall–Kier alpha value is -2.89. The van der Waals surface area contributed by atoms with E-state index in [-0.39, 0.29) is 18.3 Å². The van der Waals surface area contributed by atoms with Gasteiger partial charge in [0.05, 0.1) is 7.11 Å². The molecule has 0 atom stereocenters. The molecule has 2 aromatic rings. The summed E-state index contributed by atoms with van der Waals surface area (Å²) in [6.07, 6.45) is 0. The van der Waals surface area contributed by atoms with Gasteiger partial charge in [-0.25, -0.2) is 0 Å². The summed E-state index contributed by atoms with van der Waals surface area (Å²) in [5.41, 5.74) is 1.09. The standard InChI is InChI=1S/C19H22N2O4/c1-24-16-6-4-5-15(13-16)20-9-11-21(12-10-20)19(23)14-25-18-8-3-2-7-17(18)22/h2-8,13,22H,9-12,14H2,1H3. The molecule has 1 saturated heterocycles. The zero-order chi connectivity index (χ0) is 17.6. The molecule has 0 unspecified atom stereocenters. The SMILES string of the molecule is COc1cccc(N2CCN(C(=O)COc3ccccc3O)CC2)c1. The van der Waals surface area contributed by atoms with Crippen LogP contribution in [-0.4, -0.2) is 55.8 Å². The van der Waals surface area contributed by atoms with Gasteiger partial charge in [-0.05, 0) is 24.3 Å². The van der Waals surface area contributed by atoms with E-state index in [0.717, 1.165) is 24.5 Å². The van der Waals surface area contributed by atoms with Gasteiger partial charge in [0.2, 0.25) is 0 Å². The number of anilines is 1. The average molecular weight is 342 g/mol. The first-order valence-corrected chi connectivity index (χ1v) is 8.25. The van der Waals surface area contributed by atoms with Crippen LogP contribution in [0, 0.1) is 0 Å². The second kappa shape index (κ2) is 7.79. The van der Waals surface area contributed by atoms with Gasteiger partial charge < -0.3 is 24.4 Å². The van der Waals surface area contributed by atoms with Gasteiger partial charge in [-0.3, -0.25) is 4.79 Å². The molecule has 0 aromatic heterocycles. The Kier molecular flexibility index (Phi) is 5.28. The van der Waals surface area contributed by atoms with Crippen molar-refractivity contribution in [3.63, 3.8) is 0 Å². The third kappa shape index (κ3) is 4.15. The number of ether oxygens (including phenoxy) is 2. The van der Waals surface area contributed by atoms with Crippen molar-refractivity contribution in [3.05, 3.63) is 48.5 Å². The molecule has 2 aromatic carbocycles. The molecule has 1 aliphatic rings. The van der Waals surface area contributed by atoms with Crippen molar-refractivity contribution in [3.8, 4) is 17.2 Å². The van der Waals surface area contributed by atoms with Gasteiger partial charge in [0.15, 0.2) is 18.1 Å². The Labute approximate surface area is 147 Å². The third-order valence-electron chi connectivity index (χ3n) is 4.27. The van der Waals surface area contributed by atoms with Gasteiger partial charge >= 0.3 is 0 Å². The number of carbonyl (C=O) groups is 1. The van der Waals surface area contributed by atoms with E-state index in [0.29, 0.717) is 18.8 Å². The number of amides is 1. The normalized spacial score (nSPS) is 14.3. The lowest BCUT2D eigenvalue weighted by Gasteiger charge is -2.36. The van der Waals surface area contributed by atoms with E-state index < -0.39 is 0 Å². The van der Waals surface area contributed by atoms with Gasteiger partial charge in [0.25, 0.3) is 5.91 Å². The van der Waals surface area contributed by atoms with Crippen LogP contribution in [0.1, 0.15) is 0 Å². The Morgan fingerprint density at radius 3 is 2.56 bits per heavy atom. The molecule has 1 fully saturated rings. The van der Waals surface area contributed by atoms with Crippen molar-refractivity contribution in [2.75, 3.05) is 44.8 Å². The highest BCUT2D eigenvalue weighted by molar-refractivity contribution is 5.78. The van der Waals surface area contributed by atoms with Gasteiger partial charge in [-0.2, -0.15) is 0 Å². The van der Waals surface area contributed by atoms with Crippen LogP contribution in [0.15, 0.2) is 48.5 Å². The molecule has 6 heteroatoms. The number of methoxy groups -OCH3 is 1. The molecule has 0 bridgehead atoms. The number of phenolic OH excluding ortho intramolecular Hbond substituents is 1.